The molecule has 4 N–H and O–H groups in total. The van der Waals surface area contributed by atoms with Crippen LogP contribution in [0.25, 0.3) is 0 Å². The topological polar surface area (TPSA) is 111 Å². The van der Waals surface area contributed by atoms with Crippen LogP contribution in [0.5, 0.6) is 0 Å². The summed E-state index contributed by atoms with van der Waals surface area (Å²) in [7, 11) is 1.56. The molecular formula is C28H41FN2O5. The van der Waals surface area contributed by atoms with E-state index in [0.717, 1.165) is 11.1 Å². The Kier molecular flexibility index (Phi) is 11.1. The molecule has 1 aliphatic heterocycles. The smallest absolute Gasteiger partial charge is 0.405 e. The van der Waals surface area contributed by atoms with E-state index in [2.05, 4.69) is 5.32 Å². The molecule has 2 amide bonds. The van der Waals surface area contributed by atoms with Crippen LogP contribution in [0.1, 0.15) is 59.4 Å². The van der Waals surface area contributed by atoms with Gasteiger partial charge in [0, 0.05) is 24.3 Å². The van der Waals surface area contributed by atoms with Gasteiger partial charge in [0.05, 0.1) is 12.2 Å². The molecule has 1 aliphatic rings. The van der Waals surface area contributed by atoms with Gasteiger partial charge in [-0.15, -0.1) is 0 Å². The standard InChI is InChI=1S/C28H41FN2O5/c1-16-10-21-13-22(29)15-23(14-21)31-27(33)18(3)9-7-8-17(2)26(36-28(30)34)20(5)12-19(4)25(32)24(11-16)35-6/h9,12-17,19,24-26,32H,7-8,10-11H2,1-6H3,(H2,30,34)(H,31,33)/b18-9+,20-12+/t16-,17+,19+,24+,25-,26-/m1/s1. The van der Waals surface area contributed by atoms with Gasteiger partial charge in [-0.05, 0) is 80.7 Å². The molecule has 7 nitrogen and oxygen atoms in total. The maximum atomic E-state index is 14.3. The summed E-state index contributed by atoms with van der Waals surface area (Å²) in [5.74, 6) is -1.02. The number of primary amides is 1. The van der Waals surface area contributed by atoms with Crippen molar-refractivity contribution >= 4 is 17.7 Å². The molecule has 0 saturated heterocycles. The van der Waals surface area contributed by atoms with Gasteiger partial charge in [0.2, 0.25) is 0 Å². The summed E-state index contributed by atoms with van der Waals surface area (Å²) in [5.41, 5.74) is 7.80. The number of aliphatic hydroxyl groups excluding tert-OH is 1. The van der Waals surface area contributed by atoms with Crippen LogP contribution in [0.3, 0.4) is 0 Å². The molecule has 0 fully saturated rings. The van der Waals surface area contributed by atoms with Gasteiger partial charge < -0.3 is 25.6 Å². The van der Waals surface area contributed by atoms with Crippen LogP contribution in [0.15, 0.2) is 41.5 Å². The second kappa shape index (κ2) is 13.6. The number of aliphatic hydroxyl groups is 1. The minimum Gasteiger partial charge on any atom is -0.442 e. The third kappa shape index (κ3) is 8.75. The number of halogens is 1. The summed E-state index contributed by atoms with van der Waals surface area (Å²) in [6, 6.07) is 4.54. The number of ether oxygens (including phenoxy) is 2. The van der Waals surface area contributed by atoms with E-state index in [9.17, 15) is 19.1 Å². The number of carbonyl (C=O) groups is 2. The van der Waals surface area contributed by atoms with Crippen LogP contribution in [-0.2, 0) is 20.7 Å². The molecule has 2 bridgehead atoms. The van der Waals surface area contributed by atoms with Crippen LogP contribution in [0.4, 0.5) is 14.9 Å². The van der Waals surface area contributed by atoms with Crippen molar-refractivity contribution in [3.05, 3.63) is 52.9 Å². The van der Waals surface area contributed by atoms with Crippen LogP contribution >= 0.6 is 0 Å². The summed E-state index contributed by atoms with van der Waals surface area (Å²) in [6.45, 7) is 9.42. The zero-order valence-corrected chi connectivity index (χ0v) is 22.2. The Morgan fingerprint density at radius 3 is 2.53 bits per heavy atom. The Morgan fingerprint density at radius 2 is 1.89 bits per heavy atom. The number of methoxy groups -OCH3 is 1. The van der Waals surface area contributed by atoms with Gasteiger partial charge in [0.1, 0.15) is 11.9 Å². The number of rotatable bonds is 2. The summed E-state index contributed by atoms with van der Waals surface area (Å²) < 4.78 is 25.4. The zero-order valence-electron chi connectivity index (χ0n) is 22.2. The van der Waals surface area contributed by atoms with E-state index < -0.39 is 30.2 Å². The largest absolute Gasteiger partial charge is 0.442 e. The number of nitrogens with one attached hydrogen (secondary N) is 1. The second-order valence-corrected chi connectivity index (χ2v) is 10.2. The molecule has 0 unspecified atom stereocenters. The van der Waals surface area contributed by atoms with E-state index in [1.165, 1.54) is 12.1 Å². The molecule has 0 radical (unpaired) electrons. The Morgan fingerprint density at radius 1 is 1.19 bits per heavy atom. The van der Waals surface area contributed by atoms with E-state index in [1.807, 2.05) is 39.8 Å². The fourth-order valence-electron chi connectivity index (χ4n) is 4.86. The molecule has 0 saturated carbocycles. The van der Waals surface area contributed by atoms with Crippen molar-refractivity contribution in [2.75, 3.05) is 12.4 Å². The number of carbonyl (C=O) groups excluding carboxylic acids is 2. The van der Waals surface area contributed by atoms with Crippen molar-refractivity contribution in [1.29, 1.82) is 0 Å². The number of hydrogen-bond acceptors (Lipinski definition) is 5. The first kappa shape index (κ1) is 29.5. The Hall–Kier alpha value is -2.71. The lowest BCUT2D eigenvalue weighted by Crippen LogP contribution is -2.35. The Bertz CT molecular complexity index is 977. The van der Waals surface area contributed by atoms with Gasteiger partial charge in [-0.25, -0.2) is 9.18 Å². The maximum absolute atomic E-state index is 14.3. The molecule has 0 aliphatic carbocycles. The number of hydrogen-bond donors (Lipinski definition) is 3. The first-order chi connectivity index (χ1) is 16.9. The average molecular weight is 505 g/mol. The molecule has 200 valence electrons. The molecule has 1 heterocycles. The fourth-order valence-corrected chi connectivity index (χ4v) is 4.86. The summed E-state index contributed by atoms with van der Waals surface area (Å²) >= 11 is 0. The molecule has 1 aromatic carbocycles. The first-order valence-electron chi connectivity index (χ1n) is 12.5. The van der Waals surface area contributed by atoms with Crippen molar-refractivity contribution in [2.24, 2.45) is 23.5 Å². The number of fused-ring (bicyclic) bond motifs is 2. The van der Waals surface area contributed by atoms with Crippen molar-refractivity contribution in [1.82, 2.24) is 0 Å². The van der Waals surface area contributed by atoms with Crippen LogP contribution in [0, 0.1) is 23.6 Å². The van der Waals surface area contributed by atoms with Crippen molar-refractivity contribution in [3.8, 4) is 0 Å². The highest BCUT2D eigenvalue weighted by molar-refractivity contribution is 6.03. The van der Waals surface area contributed by atoms with E-state index >= 15 is 0 Å². The molecule has 0 aromatic heterocycles. The molecule has 2 rings (SSSR count). The van der Waals surface area contributed by atoms with Gasteiger partial charge in [0.15, 0.2) is 0 Å². The van der Waals surface area contributed by atoms with Gasteiger partial charge in [-0.3, -0.25) is 4.79 Å². The SMILES string of the molecule is CO[C@H]1C[C@H](C)Cc2cc(F)cc(c2)NC(=O)/C(C)=C/CC[C@H](C)[C@@H](OC(N)=O)/C(C)=C/[C@H](C)[C@H]1O. The third-order valence-electron chi connectivity index (χ3n) is 6.82. The van der Waals surface area contributed by atoms with Gasteiger partial charge in [-0.1, -0.05) is 32.9 Å². The summed E-state index contributed by atoms with van der Waals surface area (Å²) in [5, 5.41) is 13.8. The number of benzene rings is 1. The minimum absolute atomic E-state index is 0.0712. The maximum Gasteiger partial charge on any atom is 0.405 e. The lowest BCUT2D eigenvalue weighted by molar-refractivity contribution is -0.112. The predicted octanol–water partition coefficient (Wildman–Crippen LogP) is 5.13. The summed E-state index contributed by atoms with van der Waals surface area (Å²) in [6.07, 6.45) is 3.34. The number of nitrogens with two attached hydrogens (primary N) is 1. The highest BCUT2D eigenvalue weighted by Gasteiger charge is 2.28. The number of anilines is 1. The quantitative estimate of drug-likeness (QED) is 0.484. The van der Waals surface area contributed by atoms with Gasteiger partial charge in [-0.2, -0.15) is 0 Å². The van der Waals surface area contributed by atoms with E-state index in [4.69, 9.17) is 15.2 Å². The van der Waals surface area contributed by atoms with Crippen molar-refractivity contribution in [3.63, 3.8) is 0 Å². The molecule has 1 aromatic rings. The number of amides is 2. The molecule has 36 heavy (non-hydrogen) atoms. The molecule has 0 spiro atoms. The molecule has 6 atom stereocenters. The average Bonchev–Trinajstić information content (AvgIpc) is 2.78. The van der Waals surface area contributed by atoms with E-state index in [1.54, 1.807) is 20.1 Å². The highest BCUT2D eigenvalue weighted by Crippen LogP contribution is 2.27. The minimum atomic E-state index is -0.866. The lowest BCUT2D eigenvalue weighted by atomic mass is 9.87. The van der Waals surface area contributed by atoms with Crippen LogP contribution in [0.2, 0.25) is 0 Å². The first-order valence-corrected chi connectivity index (χ1v) is 12.5. The zero-order chi connectivity index (χ0) is 27.0. The molecule has 8 heteroatoms. The Labute approximate surface area is 213 Å². The van der Waals surface area contributed by atoms with Crippen LogP contribution < -0.4 is 11.1 Å². The highest BCUT2D eigenvalue weighted by atomic mass is 19.1. The lowest BCUT2D eigenvalue weighted by Gasteiger charge is -2.29. The second-order valence-electron chi connectivity index (χ2n) is 10.2. The van der Waals surface area contributed by atoms with E-state index in [-0.39, 0.29) is 23.7 Å². The van der Waals surface area contributed by atoms with Gasteiger partial charge >= 0.3 is 6.09 Å². The van der Waals surface area contributed by atoms with Crippen molar-refractivity contribution in [2.45, 2.75) is 78.6 Å². The Balaban J connectivity index is 2.43. The van der Waals surface area contributed by atoms with Crippen molar-refractivity contribution < 1.29 is 28.6 Å². The third-order valence-corrected chi connectivity index (χ3v) is 6.82. The summed E-state index contributed by atoms with van der Waals surface area (Å²) in [4.78, 5) is 24.3. The predicted molar refractivity (Wildman–Crippen MR) is 139 cm³/mol. The monoisotopic (exact) mass is 504 g/mol. The fraction of sp³-hybridized carbons (Fsp3) is 0.571. The molecular weight excluding hydrogens is 463 g/mol. The van der Waals surface area contributed by atoms with Crippen LogP contribution in [-0.4, -0.2) is 42.5 Å². The van der Waals surface area contributed by atoms with Gasteiger partial charge in [0.25, 0.3) is 5.91 Å². The van der Waals surface area contributed by atoms with E-state index in [0.29, 0.717) is 36.9 Å². The normalized spacial score (nSPS) is 31.9. The number of allylic oxidation sites excluding steroid dienone is 1.